The molecule has 1 rings (SSSR count). The van der Waals surface area contributed by atoms with Gasteiger partial charge in [0.2, 0.25) is 1.66 Å². The maximum Gasteiger partial charge on any atom is 0.207 e. The van der Waals surface area contributed by atoms with Gasteiger partial charge in [0.05, 0.1) is 0 Å². The number of benzene rings is 1. The molecule has 0 aliphatic heterocycles. The smallest absolute Gasteiger partial charge is 0.207 e. The molecular formula is C10H11BrFIO3S. The molecule has 1 N–H and O–H groups in total. The van der Waals surface area contributed by atoms with Gasteiger partial charge in [-0.2, -0.15) is 0 Å². The number of halogens is 3. The molecule has 0 aliphatic rings. The summed E-state index contributed by atoms with van der Waals surface area (Å²) in [5.41, 5.74) is 0.216. The van der Waals surface area contributed by atoms with Gasteiger partial charge in [-0.1, -0.05) is 35.0 Å². The van der Waals surface area contributed by atoms with Crippen molar-refractivity contribution in [3.05, 3.63) is 35.6 Å². The number of aliphatic hydroxyl groups excluding tert-OH is 1. The second kappa shape index (κ2) is 5.50. The number of sulfone groups is 1. The summed E-state index contributed by atoms with van der Waals surface area (Å²) in [6.45, 7) is 1.49. The predicted octanol–water partition coefficient (Wildman–Crippen LogP) is 2.78. The highest BCUT2D eigenvalue weighted by molar-refractivity contribution is 14.1. The summed E-state index contributed by atoms with van der Waals surface area (Å²) in [7, 11) is -3.53. The number of rotatable bonds is 4. The Kier molecular flexibility index (Phi) is 4.96. The van der Waals surface area contributed by atoms with Crippen molar-refractivity contribution in [3.8, 4) is 0 Å². The van der Waals surface area contributed by atoms with E-state index in [4.69, 9.17) is 0 Å². The zero-order chi connectivity index (χ0) is 13.3. The Bertz CT molecular complexity index is 504. The molecule has 2 atom stereocenters. The number of hydrogen-bond acceptors (Lipinski definition) is 3. The van der Waals surface area contributed by atoms with E-state index in [1.165, 1.54) is 25.1 Å². The topological polar surface area (TPSA) is 54.4 Å². The van der Waals surface area contributed by atoms with Crippen molar-refractivity contribution in [2.24, 2.45) is 0 Å². The summed E-state index contributed by atoms with van der Waals surface area (Å²) in [6.07, 6.45) is -1.34. The van der Waals surface area contributed by atoms with Gasteiger partial charge in [0.25, 0.3) is 0 Å². The van der Waals surface area contributed by atoms with E-state index in [1.54, 1.807) is 22.6 Å². The first-order valence-electron chi connectivity index (χ1n) is 4.76. The van der Waals surface area contributed by atoms with E-state index >= 15 is 0 Å². The molecule has 7 heteroatoms. The molecule has 0 amide bonds. The van der Waals surface area contributed by atoms with E-state index in [9.17, 15) is 17.9 Å². The van der Waals surface area contributed by atoms with E-state index in [0.717, 1.165) is 6.07 Å². The van der Waals surface area contributed by atoms with Crippen LogP contribution in [0.4, 0.5) is 4.39 Å². The second-order valence-electron chi connectivity index (χ2n) is 3.42. The van der Waals surface area contributed by atoms with Crippen molar-refractivity contribution in [1.29, 1.82) is 0 Å². The standard InChI is InChI=1S/C10H11BrFIO3S/c1-2-17(15,16)10(11,13)9(14)7-4-3-5-8(12)6-7/h3-6,9,14H,2H2,1H3/t9-,10+/m1/s1. The molecule has 0 fully saturated rings. The highest BCUT2D eigenvalue weighted by Crippen LogP contribution is 2.45. The fraction of sp³-hybridized carbons (Fsp3) is 0.400. The van der Waals surface area contributed by atoms with Crippen LogP contribution in [0.3, 0.4) is 0 Å². The van der Waals surface area contributed by atoms with Gasteiger partial charge in [-0.3, -0.25) is 0 Å². The largest absolute Gasteiger partial charge is 0.385 e. The molecular weight excluding hydrogens is 426 g/mol. The number of hydrogen-bond donors (Lipinski definition) is 1. The molecule has 0 radical (unpaired) electrons. The van der Waals surface area contributed by atoms with Crippen LogP contribution in [0, 0.1) is 5.82 Å². The fourth-order valence-electron chi connectivity index (χ4n) is 1.23. The average molecular weight is 437 g/mol. The Morgan fingerprint density at radius 1 is 1.59 bits per heavy atom. The first-order chi connectivity index (χ1) is 7.72. The Balaban J connectivity index is 3.17. The molecule has 0 heterocycles. The summed E-state index contributed by atoms with van der Waals surface area (Å²) in [4.78, 5) is 0. The summed E-state index contributed by atoms with van der Waals surface area (Å²) >= 11 is 4.63. The van der Waals surface area contributed by atoms with Crippen molar-refractivity contribution in [2.75, 3.05) is 5.75 Å². The van der Waals surface area contributed by atoms with Gasteiger partial charge in [0, 0.05) is 5.75 Å². The maximum atomic E-state index is 13.0. The molecule has 0 aromatic heterocycles. The molecule has 3 nitrogen and oxygen atoms in total. The molecule has 96 valence electrons. The van der Waals surface area contributed by atoms with Crippen LogP contribution in [-0.4, -0.2) is 20.9 Å². The minimum Gasteiger partial charge on any atom is -0.385 e. The van der Waals surface area contributed by atoms with E-state index in [-0.39, 0.29) is 11.3 Å². The van der Waals surface area contributed by atoms with Gasteiger partial charge in [-0.25, -0.2) is 12.8 Å². The lowest BCUT2D eigenvalue weighted by atomic mass is 10.1. The molecule has 0 saturated carbocycles. The Morgan fingerprint density at radius 2 is 2.18 bits per heavy atom. The quantitative estimate of drug-likeness (QED) is 0.583. The molecule has 1 aromatic rings. The van der Waals surface area contributed by atoms with E-state index in [0.29, 0.717) is 0 Å². The van der Waals surface area contributed by atoms with Crippen LogP contribution >= 0.6 is 38.5 Å². The SMILES string of the molecule is CCS(=O)(=O)[C@@](Br)(I)[C@H](O)c1cccc(F)c1. The Hall–Kier alpha value is 0.270. The molecule has 0 saturated heterocycles. The third-order valence-corrected chi connectivity index (χ3v) is 8.61. The van der Waals surface area contributed by atoms with Crippen LogP contribution in [-0.2, 0) is 9.84 Å². The van der Waals surface area contributed by atoms with Crippen LogP contribution < -0.4 is 0 Å². The minimum atomic E-state index is -3.53. The molecule has 1 aromatic carbocycles. The Morgan fingerprint density at radius 3 is 2.65 bits per heavy atom. The molecule has 0 unspecified atom stereocenters. The monoisotopic (exact) mass is 436 g/mol. The summed E-state index contributed by atoms with van der Waals surface area (Å²) in [6, 6.07) is 5.25. The van der Waals surface area contributed by atoms with E-state index < -0.39 is 23.4 Å². The summed E-state index contributed by atoms with van der Waals surface area (Å²) < 4.78 is 35.1. The minimum absolute atomic E-state index is 0.117. The highest BCUT2D eigenvalue weighted by atomic mass is 127. The molecule has 17 heavy (non-hydrogen) atoms. The maximum absolute atomic E-state index is 13.0. The highest BCUT2D eigenvalue weighted by Gasteiger charge is 2.45. The summed E-state index contributed by atoms with van der Waals surface area (Å²) in [5.74, 6) is -0.636. The van der Waals surface area contributed by atoms with E-state index in [2.05, 4.69) is 15.9 Å². The van der Waals surface area contributed by atoms with Gasteiger partial charge in [0.15, 0.2) is 9.84 Å². The fourth-order valence-corrected chi connectivity index (χ4v) is 4.34. The third kappa shape index (κ3) is 3.18. The van der Waals surface area contributed by atoms with Crippen molar-refractivity contribution in [1.82, 2.24) is 0 Å². The van der Waals surface area contributed by atoms with Crippen LogP contribution in [0.2, 0.25) is 0 Å². The zero-order valence-electron chi connectivity index (χ0n) is 8.90. The van der Waals surface area contributed by atoms with Crippen molar-refractivity contribution in [2.45, 2.75) is 14.7 Å². The van der Waals surface area contributed by atoms with Gasteiger partial charge in [0.1, 0.15) is 11.9 Å². The van der Waals surface area contributed by atoms with Crippen LogP contribution in [0.25, 0.3) is 0 Å². The van der Waals surface area contributed by atoms with Gasteiger partial charge < -0.3 is 5.11 Å². The molecule has 0 aliphatic carbocycles. The molecule has 0 spiro atoms. The van der Waals surface area contributed by atoms with Crippen molar-refractivity contribution in [3.63, 3.8) is 0 Å². The number of alkyl halides is 2. The first-order valence-corrected chi connectivity index (χ1v) is 8.28. The second-order valence-corrected chi connectivity index (χ2v) is 11.6. The lowest BCUT2D eigenvalue weighted by molar-refractivity contribution is 0.190. The summed E-state index contributed by atoms with van der Waals surface area (Å²) in [5, 5.41) is 10.0. The van der Waals surface area contributed by atoms with E-state index in [1.807, 2.05) is 0 Å². The van der Waals surface area contributed by atoms with Crippen LogP contribution in [0.1, 0.15) is 18.6 Å². The van der Waals surface area contributed by atoms with Gasteiger partial charge >= 0.3 is 0 Å². The third-order valence-electron chi connectivity index (χ3n) is 2.28. The van der Waals surface area contributed by atoms with Crippen LogP contribution in [0.15, 0.2) is 24.3 Å². The zero-order valence-corrected chi connectivity index (χ0v) is 13.5. The van der Waals surface area contributed by atoms with Gasteiger partial charge in [-0.15, -0.1) is 0 Å². The predicted molar refractivity (Wildman–Crippen MR) is 76.5 cm³/mol. The number of aliphatic hydroxyl groups is 1. The molecule has 0 bridgehead atoms. The Labute approximate surface area is 122 Å². The van der Waals surface area contributed by atoms with Gasteiger partial charge in [-0.05, 0) is 40.3 Å². The first kappa shape index (κ1) is 15.3. The van der Waals surface area contributed by atoms with Crippen molar-refractivity contribution >= 4 is 48.4 Å². The lowest BCUT2D eigenvalue weighted by Crippen LogP contribution is -2.33. The lowest BCUT2D eigenvalue weighted by Gasteiger charge is -2.26. The van der Waals surface area contributed by atoms with Crippen molar-refractivity contribution < 1.29 is 17.9 Å². The van der Waals surface area contributed by atoms with Crippen LogP contribution in [0.5, 0.6) is 0 Å². The average Bonchev–Trinajstić information content (AvgIpc) is 2.27. The normalized spacial score (nSPS) is 17.5.